The Morgan fingerprint density at radius 3 is 2.30 bits per heavy atom. The first-order valence-electron chi connectivity index (χ1n) is 3.59. The van der Waals surface area contributed by atoms with Crippen LogP contribution in [0.4, 0.5) is 0 Å². The van der Waals surface area contributed by atoms with Crippen LogP contribution in [-0.2, 0) is 0 Å². The third kappa shape index (κ3) is 4.21. The topological polar surface area (TPSA) is 0 Å². The Labute approximate surface area is 64.3 Å². The number of rotatable bonds is 2. The first-order chi connectivity index (χ1) is 4.48. The van der Waals surface area contributed by atoms with Crippen LogP contribution in [0.15, 0.2) is 11.6 Å². The maximum atomic E-state index is 5.31. The molecule has 0 aromatic carbocycles. The normalized spacial score (nSPS) is 10.3. The standard InChI is InChI=1S/C10H16/c1-6-10(4,5)8-7-9(2)3/h1,7H,8H2,2-5H3. The van der Waals surface area contributed by atoms with Gasteiger partial charge in [-0.2, -0.15) is 0 Å². The summed E-state index contributed by atoms with van der Waals surface area (Å²) in [6.07, 6.45) is 8.47. The monoisotopic (exact) mass is 136 g/mol. The van der Waals surface area contributed by atoms with Gasteiger partial charge in [-0.15, -0.1) is 12.3 Å². The number of hydrogen-bond acceptors (Lipinski definition) is 0. The van der Waals surface area contributed by atoms with Gasteiger partial charge in [-0.25, -0.2) is 0 Å². The van der Waals surface area contributed by atoms with Gasteiger partial charge in [0.15, 0.2) is 0 Å². The third-order valence-electron chi connectivity index (χ3n) is 1.41. The molecule has 0 aliphatic rings. The summed E-state index contributed by atoms with van der Waals surface area (Å²) in [7, 11) is 0. The van der Waals surface area contributed by atoms with E-state index in [1.165, 1.54) is 5.57 Å². The van der Waals surface area contributed by atoms with E-state index in [1.54, 1.807) is 0 Å². The minimum absolute atomic E-state index is 0.0251. The minimum Gasteiger partial charge on any atom is -0.120 e. The molecule has 0 aliphatic heterocycles. The number of terminal acetylenes is 1. The molecule has 0 nitrogen and oxygen atoms in total. The average Bonchev–Trinajstić information content (AvgIpc) is 1.85. The summed E-state index contributed by atoms with van der Waals surface area (Å²) in [6.45, 7) is 8.33. The smallest absolute Gasteiger partial charge is 0.0290 e. The van der Waals surface area contributed by atoms with Crippen LogP contribution in [0, 0.1) is 17.8 Å². The molecule has 0 saturated heterocycles. The van der Waals surface area contributed by atoms with Crippen molar-refractivity contribution >= 4 is 0 Å². The van der Waals surface area contributed by atoms with Crippen molar-refractivity contribution in [2.75, 3.05) is 0 Å². The lowest BCUT2D eigenvalue weighted by atomic mass is 9.90. The molecular weight excluding hydrogens is 120 g/mol. The molecule has 0 unspecified atom stereocenters. The lowest BCUT2D eigenvalue weighted by Gasteiger charge is -2.13. The highest BCUT2D eigenvalue weighted by Gasteiger charge is 2.10. The molecule has 0 heteroatoms. The molecule has 56 valence electrons. The maximum absolute atomic E-state index is 5.31. The highest BCUT2D eigenvalue weighted by Crippen LogP contribution is 2.19. The van der Waals surface area contributed by atoms with Gasteiger partial charge < -0.3 is 0 Å². The van der Waals surface area contributed by atoms with Gasteiger partial charge in [0.25, 0.3) is 0 Å². The fourth-order valence-corrected chi connectivity index (χ4v) is 0.518. The fourth-order valence-electron chi connectivity index (χ4n) is 0.518. The third-order valence-corrected chi connectivity index (χ3v) is 1.41. The first kappa shape index (κ1) is 9.30. The zero-order chi connectivity index (χ0) is 8.20. The molecule has 0 aliphatic carbocycles. The molecule has 0 fully saturated rings. The Balaban J connectivity index is 3.94. The second-order valence-electron chi connectivity index (χ2n) is 3.51. The van der Waals surface area contributed by atoms with Crippen molar-refractivity contribution in [2.45, 2.75) is 34.1 Å². The van der Waals surface area contributed by atoms with Crippen LogP contribution in [0.25, 0.3) is 0 Å². The van der Waals surface area contributed by atoms with Gasteiger partial charge in [0.05, 0.1) is 0 Å². The average molecular weight is 136 g/mol. The highest BCUT2D eigenvalue weighted by molar-refractivity contribution is 5.06. The zero-order valence-electron chi connectivity index (χ0n) is 7.36. The van der Waals surface area contributed by atoms with Crippen molar-refractivity contribution in [2.24, 2.45) is 5.41 Å². The molecule has 0 aromatic heterocycles. The van der Waals surface area contributed by atoms with Crippen LogP contribution >= 0.6 is 0 Å². The molecule has 0 saturated carbocycles. The van der Waals surface area contributed by atoms with Crippen molar-refractivity contribution in [1.29, 1.82) is 0 Å². The molecule has 0 bridgehead atoms. The van der Waals surface area contributed by atoms with Crippen molar-refractivity contribution in [3.05, 3.63) is 11.6 Å². The minimum atomic E-state index is 0.0251. The molecule has 0 radical (unpaired) electrons. The van der Waals surface area contributed by atoms with Crippen molar-refractivity contribution < 1.29 is 0 Å². The summed E-state index contributed by atoms with van der Waals surface area (Å²) in [5, 5.41) is 0. The van der Waals surface area contributed by atoms with E-state index in [1.807, 2.05) is 0 Å². The quantitative estimate of drug-likeness (QED) is 0.404. The van der Waals surface area contributed by atoms with E-state index < -0.39 is 0 Å². The summed E-state index contributed by atoms with van der Waals surface area (Å²) in [6, 6.07) is 0. The van der Waals surface area contributed by atoms with Crippen molar-refractivity contribution in [3.63, 3.8) is 0 Å². The van der Waals surface area contributed by atoms with Crippen LogP contribution in [0.1, 0.15) is 34.1 Å². The highest BCUT2D eigenvalue weighted by atomic mass is 14.1. The maximum Gasteiger partial charge on any atom is 0.0290 e. The van der Waals surface area contributed by atoms with Gasteiger partial charge in [-0.05, 0) is 34.1 Å². The lowest BCUT2D eigenvalue weighted by molar-refractivity contribution is 0.512. The Morgan fingerprint density at radius 1 is 1.50 bits per heavy atom. The Hall–Kier alpha value is -0.700. The van der Waals surface area contributed by atoms with E-state index >= 15 is 0 Å². The van der Waals surface area contributed by atoms with E-state index in [0.717, 1.165) is 6.42 Å². The predicted octanol–water partition coefficient (Wildman–Crippen LogP) is 3.00. The van der Waals surface area contributed by atoms with E-state index in [4.69, 9.17) is 6.42 Å². The molecule has 0 N–H and O–H groups in total. The molecule has 0 rings (SSSR count). The van der Waals surface area contributed by atoms with Gasteiger partial charge >= 0.3 is 0 Å². The van der Waals surface area contributed by atoms with Crippen LogP contribution in [0.5, 0.6) is 0 Å². The molecule has 0 spiro atoms. The summed E-state index contributed by atoms with van der Waals surface area (Å²) in [5.74, 6) is 2.75. The van der Waals surface area contributed by atoms with Gasteiger partial charge in [0.1, 0.15) is 0 Å². The Kier molecular flexibility index (Phi) is 3.22. The van der Waals surface area contributed by atoms with E-state index in [-0.39, 0.29) is 5.41 Å². The Bertz CT molecular complexity index is 161. The van der Waals surface area contributed by atoms with Gasteiger partial charge in [-0.3, -0.25) is 0 Å². The van der Waals surface area contributed by atoms with Crippen molar-refractivity contribution in [1.82, 2.24) is 0 Å². The molecule has 0 heterocycles. The molecule has 0 aromatic rings. The largest absolute Gasteiger partial charge is 0.120 e. The molecule has 0 amide bonds. The van der Waals surface area contributed by atoms with Crippen molar-refractivity contribution in [3.8, 4) is 12.3 Å². The molecule has 10 heavy (non-hydrogen) atoms. The van der Waals surface area contributed by atoms with Crippen LogP contribution in [-0.4, -0.2) is 0 Å². The second-order valence-corrected chi connectivity index (χ2v) is 3.51. The van der Waals surface area contributed by atoms with E-state index in [2.05, 4.69) is 39.7 Å². The van der Waals surface area contributed by atoms with Gasteiger partial charge in [-0.1, -0.05) is 11.6 Å². The van der Waals surface area contributed by atoms with Crippen LogP contribution < -0.4 is 0 Å². The Morgan fingerprint density at radius 2 is 2.00 bits per heavy atom. The second kappa shape index (κ2) is 3.46. The zero-order valence-corrected chi connectivity index (χ0v) is 7.36. The lowest BCUT2D eigenvalue weighted by Crippen LogP contribution is -2.05. The SMILES string of the molecule is C#CC(C)(C)CC=C(C)C. The summed E-state index contributed by atoms with van der Waals surface area (Å²) < 4.78 is 0. The summed E-state index contributed by atoms with van der Waals surface area (Å²) in [5.41, 5.74) is 1.36. The first-order valence-corrected chi connectivity index (χ1v) is 3.59. The predicted molar refractivity (Wildman–Crippen MR) is 46.7 cm³/mol. The molecule has 0 atom stereocenters. The van der Waals surface area contributed by atoms with Crippen LogP contribution in [0.2, 0.25) is 0 Å². The van der Waals surface area contributed by atoms with E-state index in [9.17, 15) is 0 Å². The van der Waals surface area contributed by atoms with E-state index in [0.29, 0.717) is 0 Å². The van der Waals surface area contributed by atoms with Gasteiger partial charge in [0.2, 0.25) is 0 Å². The molecular formula is C10H16. The summed E-state index contributed by atoms with van der Waals surface area (Å²) in [4.78, 5) is 0. The number of hydrogen-bond donors (Lipinski definition) is 0. The summed E-state index contributed by atoms with van der Waals surface area (Å²) >= 11 is 0. The number of allylic oxidation sites excluding steroid dienone is 2. The fraction of sp³-hybridized carbons (Fsp3) is 0.600. The van der Waals surface area contributed by atoms with Crippen LogP contribution in [0.3, 0.4) is 0 Å². The van der Waals surface area contributed by atoms with Gasteiger partial charge in [0, 0.05) is 5.41 Å².